The van der Waals surface area contributed by atoms with Gasteiger partial charge in [-0.3, -0.25) is 14.9 Å². The number of carbonyl (C=O) groups excluding carboxylic acids is 2. The lowest BCUT2D eigenvalue weighted by molar-refractivity contribution is -0.148. The van der Waals surface area contributed by atoms with E-state index in [2.05, 4.69) is 26.2 Å². The summed E-state index contributed by atoms with van der Waals surface area (Å²) in [6.45, 7) is -0.249. The van der Waals surface area contributed by atoms with Crippen LogP contribution in [0.2, 0.25) is 0 Å². The van der Waals surface area contributed by atoms with Crippen molar-refractivity contribution in [3.8, 4) is 0 Å². The topological polar surface area (TPSA) is 106 Å². The van der Waals surface area contributed by atoms with Crippen LogP contribution in [0.5, 0.6) is 0 Å². The molecule has 0 bridgehead atoms. The number of benzene rings is 2. The third-order valence-corrected chi connectivity index (χ3v) is 8.48. The molecule has 3 aromatic rings. The van der Waals surface area contributed by atoms with E-state index in [9.17, 15) is 18.0 Å². The van der Waals surface area contributed by atoms with Crippen LogP contribution in [0, 0.1) is 0 Å². The summed E-state index contributed by atoms with van der Waals surface area (Å²) in [6, 6.07) is 14.9. The number of hydrogen-bond acceptors (Lipinski definition) is 7. The zero-order valence-electron chi connectivity index (χ0n) is 17.3. The van der Waals surface area contributed by atoms with Gasteiger partial charge in [-0.05, 0) is 45.6 Å². The number of anilines is 1. The highest BCUT2D eigenvalue weighted by molar-refractivity contribution is 9.11. The number of carbonyl (C=O) groups is 2. The molecule has 33 heavy (non-hydrogen) atoms. The van der Waals surface area contributed by atoms with Crippen LogP contribution in [0.25, 0.3) is 0 Å². The Balaban J connectivity index is 1.50. The summed E-state index contributed by atoms with van der Waals surface area (Å²) in [5, 5.41) is 2.93. The van der Waals surface area contributed by atoms with Crippen LogP contribution in [-0.4, -0.2) is 42.7 Å². The molecule has 172 valence electrons. The summed E-state index contributed by atoms with van der Waals surface area (Å²) >= 11 is 4.49. The minimum Gasteiger partial charge on any atom is -0.456 e. The van der Waals surface area contributed by atoms with Gasteiger partial charge in [-0.25, -0.2) is 13.4 Å². The fourth-order valence-corrected chi connectivity index (χ4v) is 6.44. The third-order valence-electron chi connectivity index (χ3n) is 5.16. The maximum Gasteiger partial charge on any atom is 0.308 e. The smallest absolute Gasteiger partial charge is 0.308 e. The van der Waals surface area contributed by atoms with Crippen molar-refractivity contribution in [3.63, 3.8) is 0 Å². The molecule has 1 aliphatic heterocycles. The number of esters is 1. The van der Waals surface area contributed by atoms with Crippen LogP contribution < -0.4 is 5.32 Å². The number of sulfonamides is 1. The molecule has 11 heteroatoms. The lowest BCUT2D eigenvalue weighted by Crippen LogP contribution is -2.41. The second-order valence-electron chi connectivity index (χ2n) is 7.28. The van der Waals surface area contributed by atoms with Gasteiger partial charge in [0.1, 0.15) is 0 Å². The molecule has 0 saturated heterocycles. The first-order chi connectivity index (χ1) is 15.8. The number of nitrogens with zero attached hydrogens (tertiary/aromatic N) is 2. The molecule has 1 aliphatic rings. The van der Waals surface area contributed by atoms with E-state index in [1.807, 2.05) is 24.3 Å². The molecular formula is C22H20BrN3O5S2. The molecule has 1 atom stereocenters. The average molecular weight is 550 g/mol. The van der Waals surface area contributed by atoms with E-state index in [4.69, 9.17) is 4.74 Å². The molecule has 0 saturated carbocycles. The molecule has 0 spiro atoms. The fraction of sp³-hybridized carbons (Fsp3) is 0.227. The normalized spacial score (nSPS) is 16.1. The van der Waals surface area contributed by atoms with Crippen molar-refractivity contribution in [1.82, 2.24) is 9.29 Å². The molecule has 0 unspecified atom stereocenters. The Labute approximate surface area is 203 Å². The first kappa shape index (κ1) is 23.6. The molecule has 1 N–H and O–H groups in total. The van der Waals surface area contributed by atoms with Crippen molar-refractivity contribution in [2.75, 3.05) is 18.5 Å². The van der Waals surface area contributed by atoms with Crippen molar-refractivity contribution in [3.05, 3.63) is 75.7 Å². The van der Waals surface area contributed by atoms with Crippen molar-refractivity contribution in [2.45, 2.75) is 23.8 Å². The summed E-state index contributed by atoms with van der Waals surface area (Å²) in [7, 11) is -3.83. The first-order valence-electron chi connectivity index (χ1n) is 10.1. The minimum atomic E-state index is -3.83. The van der Waals surface area contributed by atoms with Crippen LogP contribution in [0.15, 0.2) is 69.5 Å². The van der Waals surface area contributed by atoms with E-state index in [0.717, 1.165) is 14.9 Å². The maximum absolute atomic E-state index is 13.4. The van der Waals surface area contributed by atoms with Crippen LogP contribution in [-0.2, 0) is 30.8 Å². The number of hydrogen-bond donors (Lipinski definition) is 1. The molecular weight excluding hydrogens is 530 g/mol. The van der Waals surface area contributed by atoms with Gasteiger partial charge in [0.25, 0.3) is 5.91 Å². The third kappa shape index (κ3) is 5.49. The van der Waals surface area contributed by atoms with Crippen molar-refractivity contribution >= 4 is 54.3 Å². The molecule has 1 amide bonds. The van der Waals surface area contributed by atoms with Gasteiger partial charge in [0, 0.05) is 6.54 Å². The minimum absolute atomic E-state index is 0.164. The Kier molecular flexibility index (Phi) is 7.23. The number of halogens is 1. The number of fused-ring (bicyclic) bond motifs is 1. The predicted octanol–water partition coefficient (Wildman–Crippen LogP) is 3.77. The Morgan fingerprint density at radius 2 is 1.88 bits per heavy atom. The van der Waals surface area contributed by atoms with Crippen LogP contribution in [0.1, 0.15) is 23.6 Å². The summed E-state index contributed by atoms with van der Waals surface area (Å²) in [6.07, 6.45) is 1.88. The number of ether oxygens (including phenoxy) is 1. The maximum atomic E-state index is 13.4. The number of nitrogens with one attached hydrogen (secondary N) is 1. The van der Waals surface area contributed by atoms with E-state index in [1.54, 1.807) is 24.4 Å². The monoisotopic (exact) mass is 549 g/mol. The molecule has 4 rings (SSSR count). The Morgan fingerprint density at radius 1 is 1.15 bits per heavy atom. The van der Waals surface area contributed by atoms with Crippen LogP contribution in [0.4, 0.5) is 5.13 Å². The number of rotatable bonds is 7. The number of aromatic nitrogens is 1. The predicted molar refractivity (Wildman–Crippen MR) is 127 cm³/mol. The zero-order valence-corrected chi connectivity index (χ0v) is 20.5. The highest BCUT2D eigenvalue weighted by Gasteiger charge is 2.37. The summed E-state index contributed by atoms with van der Waals surface area (Å²) in [5.74, 6) is -1.19. The highest BCUT2D eigenvalue weighted by atomic mass is 79.9. The van der Waals surface area contributed by atoms with Gasteiger partial charge >= 0.3 is 5.97 Å². The Morgan fingerprint density at radius 3 is 2.61 bits per heavy atom. The average Bonchev–Trinajstić information content (AvgIpc) is 3.22. The van der Waals surface area contributed by atoms with E-state index in [1.165, 1.54) is 27.8 Å². The van der Waals surface area contributed by atoms with Crippen molar-refractivity contribution < 1.29 is 22.7 Å². The van der Waals surface area contributed by atoms with Gasteiger partial charge in [-0.2, -0.15) is 4.31 Å². The molecule has 1 aromatic heterocycles. The second kappa shape index (κ2) is 10.1. The molecule has 0 fully saturated rings. The molecule has 8 nitrogen and oxygen atoms in total. The van der Waals surface area contributed by atoms with E-state index < -0.39 is 34.5 Å². The van der Waals surface area contributed by atoms with Crippen LogP contribution >= 0.6 is 27.3 Å². The molecule has 0 radical (unpaired) electrons. The van der Waals surface area contributed by atoms with Gasteiger partial charge in [0.15, 0.2) is 11.7 Å². The van der Waals surface area contributed by atoms with Gasteiger partial charge < -0.3 is 4.74 Å². The van der Waals surface area contributed by atoms with Gasteiger partial charge in [0.2, 0.25) is 10.0 Å². The zero-order chi connectivity index (χ0) is 23.4. The molecule has 2 heterocycles. The summed E-state index contributed by atoms with van der Waals surface area (Å²) in [4.78, 5) is 28.9. The first-order valence-corrected chi connectivity index (χ1v) is 13.1. The van der Waals surface area contributed by atoms with Gasteiger partial charge in [0.05, 0.1) is 27.3 Å². The molecule has 0 aliphatic carbocycles. The Bertz CT molecular complexity index is 1260. The van der Waals surface area contributed by atoms with Gasteiger partial charge in [-0.1, -0.05) is 53.8 Å². The summed E-state index contributed by atoms with van der Waals surface area (Å²) in [5.41, 5.74) is 1.75. The van der Waals surface area contributed by atoms with Crippen molar-refractivity contribution in [1.29, 1.82) is 0 Å². The summed E-state index contributed by atoms with van der Waals surface area (Å²) < 4.78 is 34.0. The largest absolute Gasteiger partial charge is 0.456 e. The Hall–Kier alpha value is -2.60. The lowest BCUT2D eigenvalue weighted by atomic mass is 9.92. The second-order valence-corrected chi connectivity index (χ2v) is 11.6. The SMILES string of the molecule is O=C(COC(=O)C[C@H]1c2ccccc2CCN1S(=O)(=O)c1ccccc1)Nc1ncc(Br)s1. The number of amides is 1. The van der Waals surface area contributed by atoms with Crippen molar-refractivity contribution in [2.24, 2.45) is 0 Å². The standard InChI is InChI=1S/C22H20BrN3O5S2/c23-19-13-24-22(32-19)25-20(27)14-31-21(28)12-18-17-9-5-4-6-15(17)10-11-26(18)33(29,30)16-7-2-1-3-8-16/h1-9,13,18H,10-12,14H2,(H,24,25,27)/t18-/m0/s1. The van der Waals surface area contributed by atoms with Crippen LogP contribution in [0.3, 0.4) is 0 Å². The van der Waals surface area contributed by atoms with E-state index in [-0.39, 0.29) is 17.9 Å². The van der Waals surface area contributed by atoms with Gasteiger partial charge in [-0.15, -0.1) is 0 Å². The molecule has 2 aromatic carbocycles. The fourth-order valence-electron chi connectivity index (χ4n) is 3.69. The quantitative estimate of drug-likeness (QED) is 0.449. The highest BCUT2D eigenvalue weighted by Crippen LogP contribution is 2.36. The van der Waals surface area contributed by atoms with E-state index in [0.29, 0.717) is 11.6 Å². The number of thiazole rings is 1. The lowest BCUT2D eigenvalue weighted by Gasteiger charge is -2.36. The van der Waals surface area contributed by atoms with E-state index >= 15 is 0 Å².